The Kier molecular flexibility index (Phi) is 3.82. The van der Waals surface area contributed by atoms with Crippen LogP contribution in [0.5, 0.6) is 0 Å². The Bertz CT molecular complexity index is 293. The van der Waals surface area contributed by atoms with Gasteiger partial charge in [-0.3, -0.25) is 0 Å². The van der Waals surface area contributed by atoms with Crippen LogP contribution in [0.2, 0.25) is 0 Å². The lowest BCUT2D eigenvalue weighted by atomic mass is 10.1. The fraction of sp³-hybridized carbons (Fsp3) is 0.333. The molecule has 1 aromatic rings. The zero-order valence-corrected chi connectivity index (χ0v) is 7.42. The van der Waals surface area contributed by atoms with Crippen LogP contribution in [-0.2, 0) is 11.2 Å². The summed E-state index contributed by atoms with van der Waals surface area (Å²) >= 11 is 0. The van der Waals surface area contributed by atoms with Gasteiger partial charge in [-0.25, -0.2) is 0 Å². The predicted octanol–water partition coefficient (Wildman–Crippen LogP) is 2.51. The summed E-state index contributed by atoms with van der Waals surface area (Å²) < 4.78 is 4.97. The second kappa shape index (κ2) is 5.19. The van der Waals surface area contributed by atoms with Gasteiger partial charge in [0.25, 0.3) is 0 Å². The fourth-order valence-corrected chi connectivity index (χ4v) is 1.04. The maximum absolute atomic E-state index is 8.22. The molecule has 0 N–H and O–H groups in total. The fourth-order valence-electron chi connectivity index (χ4n) is 1.04. The van der Waals surface area contributed by atoms with Gasteiger partial charge in [0.15, 0.2) is 0 Å². The quantitative estimate of drug-likeness (QED) is 0.396. The summed E-state index contributed by atoms with van der Waals surface area (Å²) in [5.74, 6) is 0. The summed E-state index contributed by atoms with van der Waals surface area (Å²) in [6.45, 7) is 0. The molecule has 4 heteroatoms. The first-order valence-electron chi connectivity index (χ1n) is 3.97. The third-order valence-electron chi connectivity index (χ3n) is 1.71. The first-order valence-corrected chi connectivity index (χ1v) is 3.97. The molecule has 0 aliphatic rings. The summed E-state index contributed by atoms with van der Waals surface area (Å²) in [4.78, 5) is 2.70. The maximum atomic E-state index is 8.22. The van der Waals surface area contributed by atoms with E-state index in [4.69, 9.17) is 10.3 Å². The topological polar surface area (TPSA) is 58.0 Å². The van der Waals surface area contributed by atoms with Crippen LogP contribution in [0.25, 0.3) is 10.4 Å². The number of methoxy groups -OCH3 is 1. The summed E-state index contributed by atoms with van der Waals surface area (Å²) in [5, 5.41) is 3.50. The standard InChI is InChI=1S/C9H11N3O/c1-13-9(11-12-10)7-8-5-3-2-4-6-8/h2-6,9H,7H2,1H3/t9-/m0/s1. The molecule has 0 unspecified atom stereocenters. The van der Waals surface area contributed by atoms with Gasteiger partial charge in [0, 0.05) is 18.4 Å². The van der Waals surface area contributed by atoms with Crippen LogP contribution in [-0.4, -0.2) is 13.3 Å². The van der Waals surface area contributed by atoms with Crippen LogP contribution in [0.3, 0.4) is 0 Å². The minimum absolute atomic E-state index is 0.410. The average Bonchev–Trinajstić information content (AvgIpc) is 2.19. The van der Waals surface area contributed by atoms with Crippen molar-refractivity contribution in [1.82, 2.24) is 0 Å². The molecule has 0 heterocycles. The van der Waals surface area contributed by atoms with Crippen LogP contribution in [0, 0.1) is 0 Å². The number of nitrogens with zero attached hydrogens (tertiary/aromatic N) is 3. The van der Waals surface area contributed by atoms with Crippen LogP contribution < -0.4 is 0 Å². The zero-order valence-electron chi connectivity index (χ0n) is 7.42. The molecule has 0 radical (unpaired) electrons. The van der Waals surface area contributed by atoms with Crippen LogP contribution in [0.4, 0.5) is 0 Å². The number of hydrogen-bond acceptors (Lipinski definition) is 2. The van der Waals surface area contributed by atoms with E-state index in [1.54, 1.807) is 0 Å². The molecule has 0 amide bonds. The molecule has 13 heavy (non-hydrogen) atoms. The van der Waals surface area contributed by atoms with Gasteiger partial charge < -0.3 is 4.74 Å². The van der Waals surface area contributed by atoms with Crippen molar-refractivity contribution in [1.29, 1.82) is 0 Å². The van der Waals surface area contributed by atoms with Gasteiger partial charge >= 0.3 is 0 Å². The lowest BCUT2D eigenvalue weighted by molar-refractivity contribution is 0.109. The second-order valence-corrected chi connectivity index (χ2v) is 2.58. The number of azide groups is 1. The largest absolute Gasteiger partial charge is 0.375 e. The normalized spacial score (nSPS) is 11.8. The van der Waals surface area contributed by atoms with E-state index in [1.165, 1.54) is 7.11 Å². The maximum Gasteiger partial charge on any atom is 0.140 e. The molecule has 0 bridgehead atoms. The van der Waals surface area contributed by atoms with E-state index in [0.717, 1.165) is 5.56 Å². The van der Waals surface area contributed by atoms with E-state index in [-0.39, 0.29) is 0 Å². The van der Waals surface area contributed by atoms with Gasteiger partial charge in [-0.2, -0.15) is 0 Å². The van der Waals surface area contributed by atoms with E-state index in [0.29, 0.717) is 6.42 Å². The van der Waals surface area contributed by atoms with Gasteiger partial charge in [-0.15, -0.1) is 0 Å². The molecule has 0 fully saturated rings. The Morgan fingerprint density at radius 1 is 1.46 bits per heavy atom. The monoisotopic (exact) mass is 177 g/mol. The van der Waals surface area contributed by atoms with Crippen LogP contribution in [0.15, 0.2) is 35.4 Å². The molecule has 0 spiro atoms. The highest BCUT2D eigenvalue weighted by atomic mass is 16.5. The van der Waals surface area contributed by atoms with Crippen molar-refractivity contribution in [3.8, 4) is 0 Å². The van der Waals surface area contributed by atoms with E-state index in [1.807, 2.05) is 30.3 Å². The smallest absolute Gasteiger partial charge is 0.140 e. The third kappa shape index (κ3) is 3.15. The molecule has 0 aromatic heterocycles. The Labute approximate surface area is 76.8 Å². The van der Waals surface area contributed by atoms with Crippen LogP contribution in [0.1, 0.15) is 5.56 Å². The number of ether oxygens (including phenoxy) is 1. The Morgan fingerprint density at radius 3 is 2.69 bits per heavy atom. The Morgan fingerprint density at radius 2 is 2.15 bits per heavy atom. The van der Waals surface area contributed by atoms with Crippen molar-refractivity contribution in [3.63, 3.8) is 0 Å². The van der Waals surface area contributed by atoms with Crippen molar-refractivity contribution in [2.24, 2.45) is 5.11 Å². The molecule has 0 aliphatic heterocycles. The van der Waals surface area contributed by atoms with E-state index >= 15 is 0 Å². The predicted molar refractivity (Wildman–Crippen MR) is 50.1 cm³/mol. The molecule has 4 nitrogen and oxygen atoms in total. The van der Waals surface area contributed by atoms with Crippen LogP contribution >= 0.6 is 0 Å². The minimum atomic E-state index is -0.410. The Balaban J connectivity index is 2.61. The van der Waals surface area contributed by atoms with Gasteiger partial charge in [0.05, 0.1) is 0 Å². The van der Waals surface area contributed by atoms with Gasteiger partial charge in [0.2, 0.25) is 0 Å². The zero-order chi connectivity index (χ0) is 9.52. The van der Waals surface area contributed by atoms with E-state index in [2.05, 4.69) is 10.0 Å². The van der Waals surface area contributed by atoms with Crippen molar-refractivity contribution < 1.29 is 4.74 Å². The highest BCUT2D eigenvalue weighted by Gasteiger charge is 2.04. The molecule has 0 saturated heterocycles. The van der Waals surface area contributed by atoms with Crippen molar-refractivity contribution in [2.45, 2.75) is 12.6 Å². The molecular weight excluding hydrogens is 166 g/mol. The second-order valence-electron chi connectivity index (χ2n) is 2.58. The molecule has 68 valence electrons. The van der Waals surface area contributed by atoms with Gasteiger partial charge in [0.1, 0.15) is 6.23 Å². The summed E-state index contributed by atoms with van der Waals surface area (Å²) in [7, 11) is 1.53. The SMILES string of the molecule is CO[C@@H](Cc1ccccc1)N=[N+]=[N-]. The molecule has 0 aliphatic carbocycles. The van der Waals surface area contributed by atoms with E-state index in [9.17, 15) is 0 Å². The summed E-state index contributed by atoms with van der Waals surface area (Å²) in [6, 6.07) is 9.77. The van der Waals surface area contributed by atoms with Crippen molar-refractivity contribution in [3.05, 3.63) is 46.3 Å². The third-order valence-corrected chi connectivity index (χ3v) is 1.71. The molecule has 1 atom stereocenters. The van der Waals surface area contributed by atoms with E-state index < -0.39 is 6.23 Å². The average molecular weight is 177 g/mol. The molecule has 1 aromatic carbocycles. The molecular formula is C9H11N3O. The summed E-state index contributed by atoms with van der Waals surface area (Å²) in [6.07, 6.45) is 0.203. The van der Waals surface area contributed by atoms with Gasteiger partial charge in [-0.05, 0) is 11.1 Å². The molecule has 1 rings (SSSR count). The Hall–Kier alpha value is -1.51. The highest BCUT2D eigenvalue weighted by Crippen LogP contribution is 2.06. The van der Waals surface area contributed by atoms with Gasteiger partial charge in [-0.1, -0.05) is 35.4 Å². The number of benzene rings is 1. The molecule has 0 saturated carbocycles. The number of hydrogen-bond donors (Lipinski definition) is 0. The first kappa shape index (κ1) is 9.58. The highest BCUT2D eigenvalue weighted by molar-refractivity contribution is 5.15. The lowest BCUT2D eigenvalue weighted by Crippen LogP contribution is -2.09. The minimum Gasteiger partial charge on any atom is -0.375 e. The lowest BCUT2D eigenvalue weighted by Gasteiger charge is -2.07. The van der Waals surface area contributed by atoms with Crippen molar-refractivity contribution >= 4 is 0 Å². The van der Waals surface area contributed by atoms with Crippen molar-refractivity contribution in [2.75, 3.05) is 7.11 Å². The first-order chi connectivity index (χ1) is 6.36. The number of rotatable bonds is 4. The summed E-state index contributed by atoms with van der Waals surface area (Å²) in [5.41, 5.74) is 9.32.